The zero-order chi connectivity index (χ0) is 24.2. The fourth-order valence-corrected chi connectivity index (χ4v) is 5.11. The zero-order valence-corrected chi connectivity index (χ0v) is 21.2. The molecule has 1 atom stereocenters. The van der Waals surface area contributed by atoms with E-state index in [9.17, 15) is 9.18 Å². The summed E-state index contributed by atoms with van der Waals surface area (Å²) in [7, 11) is 2.12. The van der Waals surface area contributed by atoms with Gasteiger partial charge in [0.2, 0.25) is 0 Å². The molecule has 3 aromatic rings. The lowest BCUT2D eigenvalue weighted by Crippen LogP contribution is -2.47. The molecular weight excluding hydrogens is 500 g/mol. The molecule has 0 saturated carbocycles. The molecule has 1 saturated heterocycles. The van der Waals surface area contributed by atoms with Crippen LogP contribution in [0.4, 0.5) is 14.3 Å². The van der Waals surface area contributed by atoms with Gasteiger partial charge in [-0.2, -0.15) is 0 Å². The summed E-state index contributed by atoms with van der Waals surface area (Å²) in [5.41, 5.74) is 0.930. The predicted molar refractivity (Wildman–Crippen MR) is 136 cm³/mol. The number of urea groups is 1. The number of hydrogen-bond acceptors (Lipinski definition) is 6. The fraction of sp³-hybridized carbons (Fsp3) is 0.391. The number of carbonyl (C=O) groups is 1. The first-order valence-corrected chi connectivity index (χ1v) is 12.5. The maximum Gasteiger partial charge on any atom is 0.321 e. The second-order valence-electron chi connectivity index (χ2n) is 8.19. The first kappa shape index (κ1) is 24.9. The number of nitrogens with zero attached hydrogens (tertiary/aromatic N) is 3. The Morgan fingerprint density at radius 1 is 1.24 bits per heavy atom. The van der Waals surface area contributed by atoms with E-state index in [0.717, 1.165) is 42.9 Å². The molecule has 0 aliphatic carbocycles. The van der Waals surface area contributed by atoms with Gasteiger partial charge in [-0.3, -0.25) is 10.2 Å². The minimum atomic E-state index is -0.653. The number of aromatic nitrogens is 1. The largest absolute Gasteiger partial charge is 0.486 e. The molecule has 2 amide bonds. The van der Waals surface area contributed by atoms with Crippen LogP contribution >= 0.6 is 34.5 Å². The van der Waals surface area contributed by atoms with E-state index in [1.807, 2.05) is 0 Å². The molecule has 4 rings (SSSR count). The van der Waals surface area contributed by atoms with E-state index in [4.69, 9.17) is 27.9 Å². The lowest BCUT2D eigenvalue weighted by atomic mass is 10.1. The summed E-state index contributed by atoms with van der Waals surface area (Å²) >= 11 is 13.5. The van der Waals surface area contributed by atoms with Crippen molar-refractivity contribution in [3.63, 3.8) is 0 Å². The molecule has 34 heavy (non-hydrogen) atoms. The first-order chi connectivity index (χ1) is 16.3. The lowest BCUT2D eigenvalue weighted by Gasteiger charge is -2.32. The van der Waals surface area contributed by atoms with E-state index < -0.39 is 11.9 Å². The van der Waals surface area contributed by atoms with E-state index in [1.165, 1.54) is 23.5 Å². The molecule has 182 valence electrons. The van der Waals surface area contributed by atoms with Gasteiger partial charge in [-0.1, -0.05) is 34.5 Å². The highest BCUT2D eigenvalue weighted by Crippen LogP contribution is 2.36. The maximum atomic E-state index is 14.3. The van der Waals surface area contributed by atoms with Gasteiger partial charge in [-0.25, -0.2) is 14.2 Å². The van der Waals surface area contributed by atoms with E-state index in [0.29, 0.717) is 17.4 Å². The Morgan fingerprint density at radius 3 is 2.76 bits per heavy atom. The number of hydrogen-bond donors (Lipinski definition) is 2. The van der Waals surface area contributed by atoms with Crippen molar-refractivity contribution in [1.29, 1.82) is 0 Å². The van der Waals surface area contributed by atoms with Gasteiger partial charge in [0.25, 0.3) is 0 Å². The standard InChI is InChI=1S/C23H26Cl2FN5O2S/c1-14(20-17(26)5-4-16(24)21(20)25)33-15-3-6-18-19(13-15)34-23(28-18)29-22(32)27-7-8-31-11-9-30(2)10-12-31/h3-6,13-14H,7-12H2,1-2H3,(H2,27,28,29,32). The second kappa shape index (κ2) is 11.0. The number of anilines is 1. The molecule has 1 aromatic heterocycles. The average Bonchev–Trinajstić information content (AvgIpc) is 3.19. The first-order valence-electron chi connectivity index (χ1n) is 11.0. The molecule has 7 nitrogen and oxygen atoms in total. The van der Waals surface area contributed by atoms with Gasteiger partial charge in [-0.05, 0) is 44.3 Å². The third-order valence-electron chi connectivity index (χ3n) is 5.69. The van der Waals surface area contributed by atoms with Crippen LogP contribution in [-0.2, 0) is 0 Å². The Balaban J connectivity index is 1.34. The summed E-state index contributed by atoms with van der Waals surface area (Å²) in [6.07, 6.45) is -0.653. The summed E-state index contributed by atoms with van der Waals surface area (Å²) in [6.45, 7) is 7.20. The summed E-state index contributed by atoms with van der Waals surface area (Å²) in [6, 6.07) is 7.73. The number of ether oxygens (including phenoxy) is 1. The van der Waals surface area contributed by atoms with Crippen LogP contribution < -0.4 is 15.4 Å². The highest BCUT2D eigenvalue weighted by Gasteiger charge is 2.19. The number of halogens is 3. The van der Waals surface area contributed by atoms with Crippen LogP contribution in [0.1, 0.15) is 18.6 Å². The van der Waals surface area contributed by atoms with Crippen LogP contribution in [0, 0.1) is 5.82 Å². The topological polar surface area (TPSA) is 69.7 Å². The zero-order valence-electron chi connectivity index (χ0n) is 18.9. The Hall–Kier alpha value is -2.17. The highest BCUT2D eigenvalue weighted by atomic mass is 35.5. The van der Waals surface area contributed by atoms with E-state index in [2.05, 4.69) is 32.5 Å². The van der Waals surface area contributed by atoms with Gasteiger partial charge in [0.05, 0.1) is 20.3 Å². The monoisotopic (exact) mass is 525 g/mol. The maximum absolute atomic E-state index is 14.3. The predicted octanol–water partition coefficient (Wildman–Crippen LogP) is 5.25. The molecule has 2 heterocycles. The molecule has 1 fully saturated rings. The van der Waals surface area contributed by atoms with Crippen LogP contribution in [0.5, 0.6) is 5.75 Å². The van der Waals surface area contributed by atoms with Gasteiger partial charge in [0.1, 0.15) is 17.7 Å². The molecule has 1 unspecified atom stereocenters. The number of benzene rings is 2. The summed E-state index contributed by atoms with van der Waals surface area (Å²) in [4.78, 5) is 21.4. The molecule has 2 aromatic carbocycles. The summed E-state index contributed by atoms with van der Waals surface area (Å²) in [5.74, 6) is 0.0492. The lowest BCUT2D eigenvalue weighted by molar-refractivity contribution is 0.155. The SMILES string of the molecule is CC(Oc1ccc2nc(NC(=O)NCCN3CCN(C)CC3)sc2c1)c1c(F)ccc(Cl)c1Cl. The molecule has 0 radical (unpaired) electrons. The third kappa shape index (κ3) is 6.09. The van der Waals surface area contributed by atoms with Gasteiger partial charge >= 0.3 is 6.03 Å². The molecule has 1 aliphatic heterocycles. The van der Waals surface area contributed by atoms with Crippen molar-refractivity contribution in [3.05, 3.63) is 51.8 Å². The van der Waals surface area contributed by atoms with E-state index >= 15 is 0 Å². The van der Waals surface area contributed by atoms with Gasteiger partial charge in [-0.15, -0.1) is 0 Å². The second-order valence-corrected chi connectivity index (χ2v) is 10.0. The van der Waals surface area contributed by atoms with Crippen molar-refractivity contribution in [3.8, 4) is 5.75 Å². The van der Waals surface area contributed by atoms with E-state index in [-0.39, 0.29) is 21.6 Å². The van der Waals surface area contributed by atoms with Gasteiger partial charge in [0.15, 0.2) is 5.13 Å². The Morgan fingerprint density at radius 2 is 2.00 bits per heavy atom. The molecule has 1 aliphatic rings. The molecule has 11 heteroatoms. The van der Waals surface area contributed by atoms with E-state index in [1.54, 1.807) is 25.1 Å². The number of nitrogens with one attached hydrogen (secondary N) is 2. The summed E-state index contributed by atoms with van der Waals surface area (Å²) in [5, 5.41) is 6.57. The van der Waals surface area contributed by atoms with Gasteiger partial charge in [0, 0.05) is 44.8 Å². The van der Waals surface area contributed by atoms with Crippen molar-refractivity contribution in [2.75, 3.05) is 51.6 Å². The van der Waals surface area contributed by atoms with Crippen LogP contribution in [0.15, 0.2) is 30.3 Å². The fourth-order valence-electron chi connectivity index (χ4n) is 3.75. The number of rotatable bonds is 7. The molecule has 0 bridgehead atoms. The highest BCUT2D eigenvalue weighted by molar-refractivity contribution is 7.22. The Labute approximate surface area is 211 Å². The van der Waals surface area contributed by atoms with Crippen molar-refractivity contribution < 1.29 is 13.9 Å². The number of likely N-dealkylation sites (N-methyl/N-ethyl adjacent to an activating group) is 1. The molecule has 0 spiro atoms. The third-order valence-corrected chi connectivity index (χ3v) is 7.44. The van der Waals surface area contributed by atoms with Gasteiger partial charge < -0.3 is 15.0 Å². The smallest absolute Gasteiger partial charge is 0.321 e. The van der Waals surface area contributed by atoms with Crippen molar-refractivity contribution in [1.82, 2.24) is 20.1 Å². The minimum Gasteiger partial charge on any atom is -0.486 e. The number of piperazine rings is 1. The molecule has 2 N–H and O–H groups in total. The Bertz CT molecular complexity index is 1170. The van der Waals surface area contributed by atoms with Crippen molar-refractivity contribution in [2.45, 2.75) is 13.0 Å². The van der Waals surface area contributed by atoms with Crippen LogP contribution in [-0.4, -0.2) is 67.1 Å². The van der Waals surface area contributed by atoms with Crippen molar-refractivity contribution >= 4 is 55.9 Å². The molecular formula is C23H26Cl2FN5O2S. The van der Waals surface area contributed by atoms with Crippen LogP contribution in [0.3, 0.4) is 0 Å². The normalized spacial score (nSPS) is 15.9. The van der Waals surface area contributed by atoms with Crippen molar-refractivity contribution in [2.24, 2.45) is 0 Å². The Kier molecular flexibility index (Phi) is 8.10. The number of fused-ring (bicyclic) bond motifs is 1. The number of carbonyl (C=O) groups excluding carboxylic acids is 1. The van der Waals surface area contributed by atoms with Crippen LogP contribution in [0.2, 0.25) is 10.0 Å². The quantitative estimate of drug-likeness (QED) is 0.412. The van der Waals surface area contributed by atoms with Crippen LogP contribution in [0.25, 0.3) is 10.2 Å². The minimum absolute atomic E-state index is 0.137. The number of amides is 2. The number of thiazole rings is 1. The average molecular weight is 526 g/mol. The summed E-state index contributed by atoms with van der Waals surface area (Å²) < 4.78 is 21.0.